The van der Waals surface area contributed by atoms with E-state index < -0.39 is 0 Å². The van der Waals surface area contributed by atoms with E-state index in [1.807, 2.05) is 11.9 Å². The lowest BCUT2D eigenvalue weighted by atomic mass is 10.2. The van der Waals surface area contributed by atoms with Crippen molar-refractivity contribution in [3.05, 3.63) is 42.0 Å². The van der Waals surface area contributed by atoms with E-state index in [9.17, 15) is 4.39 Å². The lowest BCUT2D eigenvalue weighted by molar-refractivity contribution is 0.627. The van der Waals surface area contributed by atoms with Gasteiger partial charge in [-0.2, -0.15) is 9.97 Å². The topological polar surface area (TPSA) is 83.7 Å². The van der Waals surface area contributed by atoms with Crippen molar-refractivity contribution in [2.45, 2.75) is 6.54 Å². The van der Waals surface area contributed by atoms with Crippen molar-refractivity contribution in [1.29, 1.82) is 0 Å². The van der Waals surface area contributed by atoms with Crippen molar-refractivity contribution >= 4 is 22.9 Å². The molecule has 3 N–H and O–H groups in total. The van der Waals surface area contributed by atoms with Gasteiger partial charge in [-0.1, -0.05) is 12.1 Å². The average molecular weight is 272 g/mol. The van der Waals surface area contributed by atoms with Gasteiger partial charge in [0.1, 0.15) is 11.3 Å². The number of rotatable bonds is 3. The maximum absolute atomic E-state index is 12.9. The lowest BCUT2D eigenvalue weighted by Crippen LogP contribution is -2.19. The minimum Gasteiger partial charge on any atom is -0.368 e. The number of H-pyrrole nitrogens is 1. The molecule has 1 aromatic carbocycles. The number of anilines is 2. The molecule has 0 aliphatic carbocycles. The Labute approximate surface area is 114 Å². The van der Waals surface area contributed by atoms with E-state index >= 15 is 0 Å². The first-order valence-electron chi connectivity index (χ1n) is 6.05. The van der Waals surface area contributed by atoms with Gasteiger partial charge in [0, 0.05) is 13.6 Å². The van der Waals surface area contributed by atoms with Gasteiger partial charge in [0.05, 0.1) is 6.33 Å². The first-order valence-corrected chi connectivity index (χ1v) is 6.05. The van der Waals surface area contributed by atoms with Crippen LogP contribution in [-0.2, 0) is 6.54 Å². The second-order valence-electron chi connectivity index (χ2n) is 4.49. The molecule has 3 rings (SSSR count). The molecule has 7 heteroatoms. The van der Waals surface area contributed by atoms with Crippen molar-refractivity contribution < 1.29 is 4.39 Å². The maximum Gasteiger partial charge on any atom is 0.224 e. The van der Waals surface area contributed by atoms with E-state index in [1.54, 1.807) is 18.5 Å². The summed E-state index contributed by atoms with van der Waals surface area (Å²) in [5, 5.41) is 0. The number of benzene rings is 1. The van der Waals surface area contributed by atoms with Gasteiger partial charge in [-0.3, -0.25) is 0 Å². The van der Waals surface area contributed by atoms with Crippen LogP contribution < -0.4 is 10.6 Å². The number of hydrogen-bond donors (Lipinski definition) is 2. The molecule has 0 aliphatic rings. The molecule has 102 valence electrons. The summed E-state index contributed by atoms with van der Waals surface area (Å²) < 4.78 is 12.9. The third-order valence-electron chi connectivity index (χ3n) is 2.98. The normalized spacial score (nSPS) is 10.9. The van der Waals surface area contributed by atoms with Crippen molar-refractivity contribution in [1.82, 2.24) is 19.9 Å². The Balaban J connectivity index is 1.93. The molecule has 0 spiro atoms. The SMILES string of the molecule is CN(Cc1ccc(F)cc1)c1nc(N)nc2nc[nH]c12. The summed E-state index contributed by atoms with van der Waals surface area (Å²) in [7, 11) is 1.88. The molecule has 0 amide bonds. The predicted octanol–water partition coefficient (Wildman–Crippen LogP) is 1.71. The molecule has 2 aromatic heterocycles. The van der Waals surface area contributed by atoms with Gasteiger partial charge in [0.2, 0.25) is 5.95 Å². The zero-order chi connectivity index (χ0) is 14.1. The van der Waals surface area contributed by atoms with Crippen LogP contribution in [0.2, 0.25) is 0 Å². The highest BCUT2D eigenvalue weighted by Crippen LogP contribution is 2.22. The van der Waals surface area contributed by atoms with E-state index in [1.165, 1.54) is 12.1 Å². The van der Waals surface area contributed by atoms with Crippen LogP contribution in [-0.4, -0.2) is 27.0 Å². The van der Waals surface area contributed by atoms with E-state index in [2.05, 4.69) is 19.9 Å². The molecule has 0 saturated heterocycles. The number of imidazole rings is 1. The minimum absolute atomic E-state index is 0.172. The van der Waals surface area contributed by atoms with Gasteiger partial charge in [-0.05, 0) is 17.7 Å². The van der Waals surface area contributed by atoms with E-state index in [0.29, 0.717) is 18.0 Å². The highest BCUT2D eigenvalue weighted by molar-refractivity contribution is 5.83. The standard InChI is InChI=1S/C13H13FN6/c1-20(6-8-2-4-9(14)5-3-8)12-10-11(17-7-16-10)18-13(15)19-12/h2-5,7H,6H2,1H3,(H3,15,16,17,18,19). The zero-order valence-electron chi connectivity index (χ0n) is 10.8. The molecule has 0 atom stereocenters. The molecule has 0 saturated carbocycles. The number of nitrogens with zero attached hydrogens (tertiary/aromatic N) is 4. The smallest absolute Gasteiger partial charge is 0.224 e. The summed E-state index contributed by atoms with van der Waals surface area (Å²) in [5.41, 5.74) is 7.91. The Morgan fingerprint density at radius 1 is 1.25 bits per heavy atom. The van der Waals surface area contributed by atoms with Crippen LogP contribution in [0.4, 0.5) is 16.2 Å². The number of nitrogens with one attached hydrogen (secondary N) is 1. The van der Waals surface area contributed by atoms with E-state index in [-0.39, 0.29) is 11.8 Å². The summed E-state index contributed by atoms with van der Waals surface area (Å²) in [6, 6.07) is 6.34. The van der Waals surface area contributed by atoms with Crippen molar-refractivity contribution in [2.24, 2.45) is 0 Å². The molecule has 0 unspecified atom stereocenters. The molecule has 20 heavy (non-hydrogen) atoms. The van der Waals surface area contributed by atoms with E-state index in [4.69, 9.17) is 5.73 Å². The second-order valence-corrected chi connectivity index (χ2v) is 4.49. The third-order valence-corrected chi connectivity index (χ3v) is 2.98. The monoisotopic (exact) mass is 272 g/mol. The molecular formula is C13H13FN6. The quantitative estimate of drug-likeness (QED) is 0.758. The zero-order valence-corrected chi connectivity index (χ0v) is 10.8. The molecule has 2 heterocycles. The van der Waals surface area contributed by atoms with Crippen LogP contribution >= 0.6 is 0 Å². The highest BCUT2D eigenvalue weighted by Gasteiger charge is 2.12. The van der Waals surface area contributed by atoms with Crippen LogP contribution in [0.25, 0.3) is 11.2 Å². The Morgan fingerprint density at radius 2 is 2.00 bits per heavy atom. The van der Waals surface area contributed by atoms with E-state index in [0.717, 1.165) is 11.1 Å². The second kappa shape index (κ2) is 4.76. The highest BCUT2D eigenvalue weighted by atomic mass is 19.1. The Kier molecular flexibility index (Phi) is 2.94. The fraction of sp³-hybridized carbons (Fsp3) is 0.154. The van der Waals surface area contributed by atoms with Crippen LogP contribution in [0.3, 0.4) is 0 Å². The van der Waals surface area contributed by atoms with Gasteiger partial charge in [-0.25, -0.2) is 9.37 Å². The van der Waals surface area contributed by atoms with Crippen molar-refractivity contribution in [2.75, 3.05) is 17.7 Å². The molecule has 0 radical (unpaired) electrons. The van der Waals surface area contributed by atoms with Gasteiger partial charge in [0.25, 0.3) is 0 Å². The maximum atomic E-state index is 12.9. The van der Waals surface area contributed by atoms with Gasteiger partial charge < -0.3 is 15.6 Å². The lowest BCUT2D eigenvalue weighted by Gasteiger charge is -2.18. The molecular weight excluding hydrogens is 259 g/mol. The summed E-state index contributed by atoms with van der Waals surface area (Å²) in [4.78, 5) is 17.3. The first kappa shape index (κ1) is 12.3. The average Bonchev–Trinajstić information content (AvgIpc) is 2.88. The number of nitrogen functional groups attached to an aromatic ring is 1. The van der Waals surface area contributed by atoms with Crippen LogP contribution in [0.5, 0.6) is 0 Å². The summed E-state index contributed by atoms with van der Waals surface area (Å²) >= 11 is 0. The van der Waals surface area contributed by atoms with Crippen molar-refractivity contribution in [3.63, 3.8) is 0 Å². The Hall–Kier alpha value is -2.70. The van der Waals surface area contributed by atoms with Gasteiger partial charge >= 0.3 is 0 Å². The molecule has 0 bridgehead atoms. The minimum atomic E-state index is -0.251. The Bertz CT molecular complexity index is 736. The third kappa shape index (κ3) is 2.25. The number of fused-ring (bicyclic) bond motifs is 1. The predicted molar refractivity (Wildman–Crippen MR) is 74.6 cm³/mol. The molecule has 0 fully saturated rings. The van der Waals surface area contributed by atoms with Crippen LogP contribution in [0.15, 0.2) is 30.6 Å². The number of hydrogen-bond acceptors (Lipinski definition) is 5. The number of aromatic nitrogens is 4. The Morgan fingerprint density at radius 3 is 2.75 bits per heavy atom. The summed E-state index contributed by atoms with van der Waals surface area (Å²) in [6.07, 6.45) is 1.55. The summed E-state index contributed by atoms with van der Waals surface area (Å²) in [5.74, 6) is 0.582. The van der Waals surface area contributed by atoms with Gasteiger partial charge in [0.15, 0.2) is 11.5 Å². The molecule has 0 aliphatic heterocycles. The molecule has 3 aromatic rings. The van der Waals surface area contributed by atoms with Gasteiger partial charge in [-0.15, -0.1) is 0 Å². The van der Waals surface area contributed by atoms with Crippen LogP contribution in [0, 0.1) is 5.82 Å². The molecule has 6 nitrogen and oxygen atoms in total. The van der Waals surface area contributed by atoms with Crippen LogP contribution in [0.1, 0.15) is 5.56 Å². The first-order chi connectivity index (χ1) is 9.63. The van der Waals surface area contributed by atoms with Crippen molar-refractivity contribution in [3.8, 4) is 0 Å². The number of aromatic amines is 1. The fourth-order valence-electron chi connectivity index (χ4n) is 2.05. The number of nitrogens with two attached hydrogens (primary N) is 1. The largest absolute Gasteiger partial charge is 0.368 e. The number of halogens is 1. The summed E-state index contributed by atoms with van der Waals surface area (Å²) in [6.45, 7) is 0.574. The fourth-order valence-corrected chi connectivity index (χ4v) is 2.05.